The molecule has 0 fully saturated rings. The molecule has 0 aliphatic carbocycles. The lowest BCUT2D eigenvalue weighted by atomic mass is 10.0. The molecule has 0 aliphatic heterocycles. The summed E-state index contributed by atoms with van der Waals surface area (Å²) < 4.78 is 0. The third-order valence-electron chi connectivity index (χ3n) is 4.57. The Labute approximate surface area is 144 Å². The number of carboxylic acids is 1. The third-order valence-corrected chi connectivity index (χ3v) is 4.57. The van der Waals surface area contributed by atoms with Gasteiger partial charge in [0.2, 0.25) is 0 Å². The normalized spacial score (nSPS) is 12.8. The predicted molar refractivity (Wildman–Crippen MR) is 101 cm³/mol. The molecule has 0 radical (unpaired) electrons. The van der Waals surface area contributed by atoms with Crippen molar-refractivity contribution in [3.63, 3.8) is 0 Å². The fourth-order valence-electron chi connectivity index (χ4n) is 2.82. The topological polar surface area (TPSA) is 37.3 Å². The summed E-state index contributed by atoms with van der Waals surface area (Å²) in [5.74, 6) is -0.829. The Hall–Kier alpha value is -0.790. The van der Waals surface area contributed by atoms with Crippen LogP contribution in [0.3, 0.4) is 0 Å². The lowest BCUT2D eigenvalue weighted by Gasteiger charge is -2.05. The van der Waals surface area contributed by atoms with Gasteiger partial charge in [-0.2, -0.15) is 0 Å². The second kappa shape index (κ2) is 17.6. The molecule has 0 heterocycles. The van der Waals surface area contributed by atoms with Crippen LogP contribution < -0.4 is 0 Å². The lowest BCUT2D eigenvalue weighted by Crippen LogP contribution is -2.08. The summed E-state index contributed by atoms with van der Waals surface area (Å²) in [5, 5.41) is 8.80. The van der Waals surface area contributed by atoms with Crippen molar-refractivity contribution in [2.45, 2.75) is 110 Å². The van der Waals surface area contributed by atoms with Gasteiger partial charge in [-0.15, -0.1) is 0 Å². The van der Waals surface area contributed by atoms with E-state index in [4.69, 9.17) is 5.11 Å². The molecule has 0 bridgehead atoms. The Morgan fingerprint density at radius 2 is 1.22 bits per heavy atom. The van der Waals surface area contributed by atoms with E-state index in [-0.39, 0.29) is 5.92 Å². The Bertz CT molecular complexity index is 284. The van der Waals surface area contributed by atoms with E-state index in [0.717, 1.165) is 12.8 Å². The van der Waals surface area contributed by atoms with Crippen molar-refractivity contribution in [1.29, 1.82) is 0 Å². The first-order valence-electron chi connectivity index (χ1n) is 10.1. The summed E-state index contributed by atoms with van der Waals surface area (Å²) in [6.45, 7) is 4.07. The molecule has 1 atom stereocenters. The molecule has 0 aliphatic rings. The lowest BCUT2D eigenvalue weighted by molar-refractivity contribution is -0.141. The number of allylic oxidation sites excluding steroid dienone is 2. The fourth-order valence-corrected chi connectivity index (χ4v) is 2.82. The molecule has 23 heavy (non-hydrogen) atoms. The number of unbranched alkanes of at least 4 members (excludes halogenated alkanes) is 12. The van der Waals surface area contributed by atoms with Gasteiger partial charge in [-0.3, -0.25) is 4.79 Å². The second-order valence-electron chi connectivity index (χ2n) is 6.97. The monoisotopic (exact) mass is 324 g/mol. The fraction of sp³-hybridized carbons (Fsp3) is 0.857. The first-order valence-corrected chi connectivity index (χ1v) is 10.1. The Balaban J connectivity index is 3.15. The molecule has 2 nitrogen and oxygen atoms in total. The minimum atomic E-state index is -0.655. The average molecular weight is 325 g/mol. The summed E-state index contributed by atoms with van der Waals surface area (Å²) >= 11 is 0. The highest BCUT2D eigenvalue weighted by Gasteiger charge is 2.09. The number of aliphatic carboxylic acids is 1. The Morgan fingerprint density at radius 1 is 0.783 bits per heavy atom. The molecule has 2 heteroatoms. The van der Waals surface area contributed by atoms with Gasteiger partial charge < -0.3 is 5.11 Å². The SMILES string of the molecule is CCCCCCCCC=CCCCCCCCCC(C)C(=O)O. The van der Waals surface area contributed by atoms with Gasteiger partial charge in [0.25, 0.3) is 0 Å². The maximum absolute atomic E-state index is 10.7. The van der Waals surface area contributed by atoms with Crippen LogP contribution in [0.1, 0.15) is 110 Å². The van der Waals surface area contributed by atoms with Crippen molar-refractivity contribution in [3.05, 3.63) is 12.2 Å². The van der Waals surface area contributed by atoms with Crippen molar-refractivity contribution >= 4 is 5.97 Å². The van der Waals surface area contributed by atoms with Crippen molar-refractivity contribution in [2.75, 3.05) is 0 Å². The molecule has 0 aromatic rings. The Kier molecular flexibility index (Phi) is 17.0. The molecule has 0 rings (SSSR count). The molecule has 1 N–H and O–H groups in total. The maximum atomic E-state index is 10.7. The van der Waals surface area contributed by atoms with Gasteiger partial charge in [-0.05, 0) is 32.1 Å². The second-order valence-corrected chi connectivity index (χ2v) is 6.97. The smallest absolute Gasteiger partial charge is 0.306 e. The van der Waals surface area contributed by atoms with E-state index in [1.165, 1.54) is 83.5 Å². The summed E-state index contributed by atoms with van der Waals surface area (Å²) in [5.41, 5.74) is 0. The number of carbonyl (C=O) groups is 1. The highest BCUT2D eigenvalue weighted by Crippen LogP contribution is 2.13. The molecule has 0 saturated carbocycles. The predicted octanol–water partition coefficient (Wildman–Crippen LogP) is 7.13. The highest BCUT2D eigenvalue weighted by atomic mass is 16.4. The van der Waals surface area contributed by atoms with Gasteiger partial charge in [0, 0.05) is 0 Å². The van der Waals surface area contributed by atoms with Crippen molar-refractivity contribution in [3.8, 4) is 0 Å². The molecule has 0 amide bonds. The zero-order chi connectivity index (χ0) is 17.2. The summed E-state index contributed by atoms with van der Waals surface area (Å²) in [4.78, 5) is 10.7. The molecular formula is C21H40O2. The van der Waals surface area contributed by atoms with Gasteiger partial charge >= 0.3 is 5.97 Å². The van der Waals surface area contributed by atoms with Crippen LogP contribution in [0.5, 0.6) is 0 Å². The molecule has 136 valence electrons. The molecule has 1 unspecified atom stereocenters. The van der Waals surface area contributed by atoms with Crippen molar-refractivity contribution in [1.82, 2.24) is 0 Å². The van der Waals surface area contributed by atoms with E-state index in [1.54, 1.807) is 6.92 Å². The standard InChI is InChI=1S/C21H40O2/c1-3-4-5-6-7-8-9-10-11-12-13-14-15-16-17-18-19-20(2)21(22)23/h10-11,20H,3-9,12-19H2,1-2H3,(H,22,23). The summed E-state index contributed by atoms with van der Waals surface area (Å²) in [6, 6.07) is 0. The minimum absolute atomic E-state index is 0.174. The molecule has 0 spiro atoms. The molecule has 0 aromatic carbocycles. The largest absolute Gasteiger partial charge is 0.481 e. The zero-order valence-electron chi connectivity index (χ0n) is 15.7. The van der Waals surface area contributed by atoms with Crippen LogP contribution in [0.4, 0.5) is 0 Å². The quantitative estimate of drug-likeness (QED) is 0.228. The van der Waals surface area contributed by atoms with Crippen LogP contribution in [0.15, 0.2) is 12.2 Å². The van der Waals surface area contributed by atoms with Gasteiger partial charge in [-0.1, -0.05) is 90.2 Å². The van der Waals surface area contributed by atoms with Gasteiger partial charge in [0.1, 0.15) is 0 Å². The van der Waals surface area contributed by atoms with Crippen LogP contribution in [0.2, 0.25) is 0 Å². The van der Waals surface area contributed by atoms with Crippen LogP contribution in [0, 0.1) is 5.92 Å². The molecule has 0 aromatic heterocycles. The van der Waals surface area contributed by atoms with E-state index in [2.05, 4.69) is 19.1 Å². The molecular weight excluding hydrogens is 284 g/mol. The first-order chi connectivity index (χ1) is 11.2. The first kappa shape index (κ1) is 22.2. The Morgan fingerprint density at radius 3 is 1.70 bits per heavy atom. The van der Waals surface area contributed by atoms with E-state index in [0.29, 0.717) is 0 Å². The summed E-state index contributed by atoms with van der Waals surface area (Å²) in [6.07, 6.45) is 23.8. The molecule has 0 saturated heterocycles. The van der Waals surface area contributed by atoms with Gasteiger partial charge in [0.15, 0.2) is 0 Å². The number of hydrogen-bond donors (Lipinski definition) is 1. The number of rotatable bonds is 17. The van der Waals surface area contributed by atoms with E-state index >= 15 is 0 Å². The van der Waals surface area contributed by atoms with Crippen LogP contribution in [-0.4, -0.2) is 11.1 Å². The average Bonchev–Trinajstić information content (AvgIpc) is 2.54. The maximum Gasteiger partial charge on any atom is 0.306 e. The van der Waals surface area contributed by atoms with Gasteiger partial charge in [-0.25, -0.2) is 0 Å². The van der Waals surface area contributed by atoms with E-state index in [1.807, 2.05) is 0 Å². The van der Waals surface area contributed by atoms with Crippen molar-refractivity contribution in [2.24, 2.45) is 5.92 Å². The third kappa shape index (κ3) is 17.4. The summed E-state index contributed by atoms with van der Waals surface area (Å²) in [7, 11) is 0. The number of hydrogen-bond acceptors (Lipinski definition) is 1. The van der Waals surface area contributed by atoms with E-state index in [9.17, 15) is 4.79 Å². The van der Waals surface area contributed by atoms with E-state index < -0.39 is 5.97 Å². The van der Waals surface area contributed by atoms with Crippen LogP contribution in [0.25, 0.3) is 0 Å². The van der Waals surface area contributed by atoms with Crippen LogP contribution in [-0.2, 0) is 4.79 Å². The number of carboxylic acid groups (broad SMARTS) is 1. The van der Waals surface area contributed by atoms with Crippen molar-refractivity contribution < 1.29 is 9.90 Å². The zero-order valence-corrected chi connectivity index (χ0v) is 15.7. The van der Waals surface area contributed by atoms with Gasteiger partial charge in [0.05, 0.1) is 5.92 Å². The highest BCUT2D eigenvalue weighted by molar-refractivity contribution is 5.69. The van der Waals surface area contributed by atoms with Crippen LogP contribution >= 0.6 is 0 Å². The minimum Gasteiger partial charge on any atom is -0.481 e.